The number of hydrogen-bond acceptors (Lipinski definition) is 3. The number of carbonyl (C=O) groups is 1. The van der Waals surface area contributed by atoms with Crippen LogP contribution in [-0.4, -0.2) is 26.8 Å². The van der Waals surface area contributed by atoms with E-state index in [2.05, 4.69) is 10.4 Å². The Morgan fingerprint density at radius 3 is 2.63 bits per heavy atom. The van der Waals surface area contributed by atoms with Gasteiger partial charge in [-0.15, -0.1) is 0 Å². The second-order valence-electron chi connectivity index (χ2n) is 7.10. The predicted molar refractivity (Wildman–Crippen MR) is 114 cm³/mol. The third kappa shape index (κ3) is 4.15. The minimum atomic E-state index is -0.332. The number of nitrogens with one attached hydrogen (secondary N) is 1. The molecular formula is C23H21FN4O2. The summed E-state index contributed by atoms with van der Waals surface area (Å²) in [4.78, 5) is 24.5. The SMILES string of the molecule is Cn1cc(CC(=O)NCCn2nc(-c3ccc(F)cc3)ccc2=O)c2ccccc21. The molecule has 6 nitrogen and oxygen atoms in total. The number of aryl methyl sites for hydroxylation is 1. The Morgan fingerprint density at radius 2 is 1.83 bits per heavy atom. The van der Waals surface area contributed by atoms with Gasteiger partial charge in [-0.3, -0.25) is 9.59 Å². The van der Waals surface area contributed by atoms with E-state index in [-0.39, 0.29) is 36.8 Å². The zero-order chi connectivity index (χ0) is 21.1. The largest absolute Gasteiger partial charge is 0.354 e. The van der Waals surface area contributed by atoms with E-state index in [1.807, 2.05) is 42.1 Å². The molecule has 30 heavy (non-hydrogen) atoms. The van der Waals surface area contributed by atoms with Crippen LogP contribution in [0.1, 0.15) is 5.56 Å². The summed E-state index contributed by atoms with van der Waals surface area (Å²) in [5, 5.41) is 8.23. The van der Waals surface area contributed by atoms with Crippen molar-refractivity contribution in [3.05, 3.63) is 88.6 Å². The fourth-order valence-electron chi connectivity index (χ4n) is 3.49. The highest BCUT2D eigenvalue weighted by Crippen LogP contribution is 2.20. The van der Waals surface area contributed by atoms with Crippen molar-refractivity contribution in [1.29, 1.82) is 0 Å². The zero-order valence-electron chi connectivity index (χ0n) is 16.5. The monoisotopic (exact) mass is 404 g/mol. The van der Waals surface area contributed by atoms with Gasteiger partial charge < -0.3 is 9.88 Å². The fraction of sp³-hybridized carbons (Fsp3) is 0.174. The summed E-state index contributed by atoms with van der Waals surface area (Å²) in [5.74, 6) is -0.449. The first-order valence-corrected chi connectivity index (χ1v) is 9.65. The number of halogens is 1. The molecule has 0 bridgehead atoms. The van der Waals surface area contributed by atoms with Crippen LogP contribution in [0.4, 0.5) is 4.39 Å². The maximum atomic E-state index is 13.1. The van der Waals surface area contributed by atoms with Crippen LogP contribution >= 0.6 is 0 Å². The van der Waals surface area contributed by atoms with E-state index in [0.717, 1.165) is 16.5 Å². The molecule has 4 rings (SSSR count). The molecule has 0 spiro atoms. The maximum absolute atomic E-state index is 13.1. The second kappa shape index (κ2) is 8.32. The van der Waals surface area contributed by atoms with E-state index in [4.69, 9.17) is 0 Å². The standard InChI is InChI=1S/C23H21FN4O2/c1-27-15-17(19-4-2-3-5-21(19)27)14-22(29)25-12-13-28-23(30)11-10-20(26-28)16-6-8-18(24)9-7-16/h2-11,15H,12-14H2,1H3,(H,25,29). The van der Waals surface area contributed by atoms with Gasteiger partial charge in [-0.05, 0) is 42.0 Å². The van der Waals surface area contributed by atoms with Crippen LogP contribution in [0, 0.1) is 5.82 Å². The molecule has 0 saturated carbocycles. The van der Waals surface area contributed by atoms with Crippen molar-refractivity contribution < 1.29 is 9.18 Å². The lowest BCUT2D eigenvalue weighted by Gasteiger charge is -2.08. The third-order valence-electron chi connectivity index (χ3n) is 4.98. The number of amides is 1. The van der Waals surface area contributed by atoms with Crippen molar-refractivity contribution in [2.75, 3.05) is 6.54 Å². The average molecular weight is 404 g/mol. The van der Waals surface area contributed by atoms with Crippen LogP contribution < -0.4 is 10.9 Å². The molecule has 152 valence electrons. The van der Waals surface area contributed by atoms with Crippen molar-refractivity contribution in [3.8, 4) is 11.3 Å². The van der Waals surface area contributed by atoms with Crippen molar-refractivity contribution in [2.24, 2.45) is 7.05 Å². The highest BCUT2D eigenvalue weighted by molar-refractivity contribution is 5.89. The number of benzene rings is 2. The maximum Gasteiger partial charge on any atom is 0.266 e. The summed E-state index contributed by atoms with van der Waals surface area (Å²) in [5.41, 5.74) is 3.05. The van der Waals surface area contributed by atoms with Gasteiger partial charge in [0.05, 0.1) is 18.7 Å². The molecule has 0 aliphatic carbocycles. The topological polar surface area (TPSA) is 68.9 Å². The lowest BCUT2D eigenvalue weighted by Crippen LogP contribution is -2.32. The first-order chi connectivity index (χ1) is 14.5. The summed E-state index contributed by atoms with van der Waals surface area (Å²) in [6.45, 7) is 0.526. The molecule has 1 amide bonds. The smallest absolute Gasteiger partial charge is 0.266 e. The van der Waals surface area contributed by atoms with E-state index in [1.54, 1.807) is 18.2 Å². The second-order valence-corrected chi connectivity index (χ2v) is 7.10. The summed E-state index contributed by atoms with van der Waals surface area (Å²) in [6.07, 6.45) is 2.22. The molecule has 1 N–H and O–H groups in total. The number of nitrogens with zero attached hydrogens (tertiary/aromatic N) is 3. The molecule has 0 aliphatic rings. The summed E-state index contributed by atoms with van der Waals surface area (Å²) >= 11 is 0. The Balaban J connectivity index is 1.40. The normalized spacial score (nSPS) is 11.0. The number of carbonyl (C=O) groups excluding carboxylic acids is 1. The minimum Gasteiger partial charge on any atom is -0.354 e. The van der Waals surface area contributed by atoms with Crippen LogP contribution in [0.15, 0.2) is 71.7 Å². The van der Waals surface area contributed by atoms with E-state index < -0.39 is 0 Å². The van der Waals surface area contributed by atoms with Gasteiger partial charge in [-0.2, -0.15) is 5.10 Å². The number of aromatic nitrogens is 3. The van der Waals surface area contributed by atoms with E-state index in [0.29, 0.717) is 11.3 Å². The quantitative estimate of drug-likeness (QED) is 0.537. The highest BCUT2D eigenvalue weighted by atomic mass is 19.1. The number of rotatable bonds is 6. The van der Waals surface area contributed by atoms with Crippen LogP contribution in [0.5, 0.6) is 0 Å². The van der Waals surface area contributed by atoms with Crippen LogP contribution in [0.25, 0.3) is 22.2 Å². The Bertz CT molecular complexity index is 1260. The first kappa shape index (κ1) is 19.6. The molecule has 2 aromatic heterocycles. The number of para-hydroxylation sites is 1. The Kier molecular flexibility index (Phi) is 5.43. The summed E-state index contributed by atoms with van der Waals surface area (Å²) in [6, 6.07) is 16.9. The lowest BCUT2D eigenvalue weighted by atomic mass is 10.1. The summed E-state index contributed by atoms with van der Waals surface area (Å²) in [7, 11) is 1.95. The van der Waals surface area contributed by atoms with Gasteiger partial charge in [0.1, 0.15) is 5.82 Å². The molecular weight excluding hydrogens is 383 g/mol. The molecule has 0 radical (unpaired) electrons. The van der Waals surface area contributed by atoms with Gasteiger partial charge in [0, 0.05) is 42.3 Å². The molecule has 2 heterocycles. The van der Waals surface area contributed by atoms with Crippen molar-refractivity contribution in [1.82, 2.24) is 19.7 Å². The Labute approximate surface area is 172 Å². The zero-order valence-corrected chi connectivity index (χ0v) is 16.5. The van der Waals surface area contributed by atoms with Gasteiger partial charge >= 0.3 is 0 Å². The lowest BCUT2D eigenvalue weighted by molar-refractivity contribution is -0.120. The van der Waals surface area contributed by atoms with E-state index in [9.17, 15) is 14.0 Å². The molecule has 0 unspecified atom stereocenters. The van der Waals surface area contributed by atoms with E-state index in [1.165, 1.54) is 22.9 Å². The molecule has 0 saturated heterocycles. The number of hydrogen-bond donors (Lipinski definition) is 1. The molecule has 0 aliphatic heterocycles. The molecule has 7 heteroatoms. The van der Waals surface area contributed by atoms with Gasteiger partial charge in [0.2, 0.25) is 5.91 Å². The van der Waals surface area contributed by atoms with Gasteiger partial charge in [-0.25, -0.2) is 9.07 Å². The molecule has 0 fully saturated rings. The van der Waals surface area contributed by atoms with Crippen molar-refractivity contribution in [3.63, 3.8) is 0 Å². The average Bonchev–Trinajstić information content (AvgIpc) is 3.06. The van der Waals surface area contributed by atoms with Crippen molar-refractivity contribution >= 4 is 16.8 Å². The van der Waals surface area contributed by atoms with Gasteiger partial charge in [0.25, 0.3) is 5.56 Å². The number of fused-ring (bicyclic) bond motifs is 1. The molecule has 0 atom stereocenters. The van der Waals surface area contributed by atoms with Gasteiger partial charge in [-0.1, -0.05) is 18.2 Å². The predicted octanol–water partition coefficient (Wildman–Crippen LogP) is 2.90. The Hall–Kier alpha value is -3.74. The van der Waals surface area contributed by atoms with Crippen LogP contribution in [-0.2, 0) is 24.8 Å². The van der Waals surface area contributed by atoms with Crippen LogP contribution in [0.2, 0.25) is 0 Å². The van der Waals surface area contributed by atoms with E-state index >= 15 is 0 Å². The molecule has 2 aromatic carbocycles. The first-order valence-electron chi connectivity index (χ1n) is 9.65. The van der Waals surface area contributed by atoms with Crippen molar-refractivity contribution in [2.45, 2.75) is 13.0 Å². The van der Waals surface area contributed by atoms with Gasteiger partial charge in [0.15, 0.2) is 0 Å². The Morgan fingerprint density at radius 1 is 1.07 bits per heavy atom. The third-order valence-corrected chi connectivity index (χ3v) is 4.98. The minimum absolute atomic E-state index is 0.117. The molecule has 4 aromatic rings. The summed E-state index contributed by atoms with van der Waals surface area (Å²) < 4.78 is 16.4. The van der Waals surface area contributed by atoms with Crippen LogP contribution in [0.3, 0.4) is 0 Å². The fourth-order valence-corrected chi connectivity index (χ4v) is 3.49. The highest BCUT2D eigenvalue weighted by Gasteiger charge is 2.10.